The first kappa shape index (κ1) is 10.7. The highest BCUT2D eigenvalue weighted by atomic mass is 15.1. The molecule has 1 unspecified atom stereocenters. The van der Waals surface area contributed by atoms with E-state index in [9.17, 15) is 0 Å². The molecule has 82 valence electrons. The lowest BCUT2D eigenvalue weighted by Gasteiger charge is -2.22. The van der Waals surface area contributed by atoms with E-state index in [4.69, 9.17) is 0 Å². The zero-order valence-corrected chi connectivity index (χ0v) is 10.4. The molecule has 0 aromatic heterocycles. The van der Waals surface area contributed by atoms with Crippen LogP contribution < -0.4 is 5.32 Å². The van der Waals surface area contributed by atoms with Gasteiger partial charge >= 0.3 is 0 Å². The van der Waals surface area contributed by atoms with Crippen molar-refractivity contribution in [3.8, 4) is 0 Å². The molecule has 1 nitrogen and oxygen atoms in total. The van der Waals surface area contributed by atoms with Crippen LogP contribution in [-0.4, -0.2) is 6.54 Å². The second-order valence-electron chi connectivity index (χ2n) is 5.73. The van der Waals surface area contributed by atoms with Crippen LogP contribution in [0, 0.1) is 13.8 Å². The van der Waals surface area contributed by atoms with Crippen molar-refractivity contribution >= 4 is 0 Å². The Morgan fingerprint density at radius 1 is 1.13 bits per heavy atom. The van der Waals surface area contributed by atoms with Crippen molar-refractivity contribution in [2.24, 2.45) is 0 Å². The van der Waals surface area contributed by atoms with Crippen LogP contribution in [0.2, 0.25) is 0 Å². The molecule has 0 radical (unpaired) electrons. The largest absolute Gasteiger partial charge is 0.307 e. The van der Waals surface area contributed by atoms with Gasteiger partial charge in [0.2, 0.25) is 0 Å². The highest BCUT2D eigenvalue weighted by molar-refractivity contribution is 5.43. The second kappa shape index (κ2) is 3.34. The van der Waals surface area contributed by atoms with Crippen LogP contribution in [0.1, 0.15) is 49.1 Å². The summed E-state index contributed by atoms with van der Waals surface area (Å²) >= 11 is 0. The minimum atomic E-state index is 0.255. The van der Waals surface area contributed by atoms with Crippen LogP contribution in [-0.2, 0) is 5.41 Å². The minimum Gasteiger partial charge on any atom is -0.307 e. The second-order valence-corrected chi connectivity index (χ2v) is 5.73. The van der Waals surface area contributed by atoms with Gasteiger partial charge in [-0.25, -0.2) is 0 Å². The van der Waals surface area contributed by atoms with Crippen LogP contribution in [0.5, 0.6) is 0 Å². The summed E-state index contributed by atoms with van der Waals surface area (Å²) < 4.78 is 0. The third-order valence-electron chi connectivity index (χ3n) is 3.22. The van der Waals surface area contributed by atoms with Gasteiger partial charge in [-0.2, -0.15) is 0 Å². The smallest absolute Gasteiger partial charge is 0.0452 e. The Kier molecular flexibility index (Phi) is 2.38. The molecule has 0 saturated carbocycles. The number of benzene rings is 1. The van der Waals surface area contributed by atoms with Gasteiger partial charge in [-0.3, -0.25) is 0 Å². The molecule has 0 bridgehead atoms. The van der Waals surface area contributed by atoms with E-state index < -0.39 is 0 Å². The van der Waals surface area contributed by atoms with Gasteiger partial charge in [-0.1, -0.05) is 32.9 Å². The SMILES string of the molecule is Cc1cc(C(C)(C)C)cc(C)c1C1CN1. The van der Waals surface area contributed by atoms with Crippen molar-refractivity contribution in [2.75, 3.05) is 6.54 Å². The molecule has 1 aliphatic rings. The molecule has 0 amide bonds. The van der Waals surface area contributed by atoms with Gasteiger partial charge in [-0.15, -0.1) is 0 Å². The molecular formula is C14H21N. The summed E-state index contributed by atoms with van der Waals surface area (Å²) in [4.78, 5) is 0. The van der Waals surface area contributed by atoms with Crippen LogP contribution in [0.3, 0.4) is 0 Å². The van der Waals surface area contributed by atoms with Crippen molar-refractivity contribution in [2.45, 2.75) is 46.1 Å². The molecule has 0 aliphatic carbocycles. The summed E-state index contributed by atoms with van der Waals surface area (Å²) in [5.41, 5.74) is 6.10. The average Bonchev–Trinajstić information content (AvgIpc) is 2.84. The van der Waals surface area contributed by atoms with Gasteiger partial charge in [-0.05, 0) is 41.5 Å². The van der Waals surface area contributed by atoms with E-state index in [1.54, 1.807) is 0 Å². The average molecular weight is 203 g/mol. The maximum Gasteiger partial charge on any atom is 0.0452 e. The van der Waals surface area contributed by atoms with Crippen molar-refractivity contribution in [1.82, 2.24) is 5.32 Å². The zero-order chi connectivity index (χ0) is 11.2. The summed E-state index contributed by atoms with van der Waals surface area (Å²) in [5, 5.41) is 3.39. The van der Waals surface area contributed by atoms with Gasteiger partial charge in [0.25, 0.3) is 0 Å². The molecule has 1 N–H and O–H groups in total. The first-order valence-electron chi connectivity index (χ1n) is 5.74. The van der Waals surface area contributed by atoms with Gasteiger partial charge in [0.15, 0.2) is 0 Å². The van der Waals surface area contributed by atoms with E-state index in [1.807, 2.05) is 0 Å². The van der Waals surface area contributed by atoms with Crippen LogP contribution in [0.25, 0.3) is 0 Å². The van der Waals surface area contributed by atoms with Gasteiger partial charge in [0.05, 0.1) is 0 Å². The Morgan fingerprint density at radius 3 is 1.93 bits per heavy atom. The van der Waals surface area contributed by atoms with E-state index in [1.165, 1.54) is 22.3 Å². The molecule has 1 heterocycles. The monoisotopic (exact) mass is 203 g/mol. The minimum absolute atomic E-state index is 0.255. The Hall–Kier alpha value is -0.820. The van der Waals surface area contributed by atoms with Crippen molar-refractivity contribution in [3.05, 3.63) is 34.4 Å². The first-order valence-corrected chi connectivity index (χ1v) is 5.74. The lowest BCUT2D eigenvalue weighted by Crippen LogP contribution is -2.12. The highest BCUT2D eigenvalue weighted by Gasteiger charge is 2.26. The number of aryl methyl sites for hydroxylation is 2. The molecule has 1 atom stereocenters. The fourth-order valence-electron chi connectivity index (χ4n) is 2.22. The predicted molar refractivity (Wildman–Crippen MR) is 65.4 cm³/mol. The van der Waals surface area contributed by atoms with Crippen molar-refractivity contribution in [3.63, 3.8) is 0 Å². The predicted octanol–water partition coefficient (Wildman–Crippen LogP) is 3.25. The summed E-state index contributed by atoms with van der Waals surface area (Å²) in [6.45, 7) is 12.4. The van der Waals surface area contributed by atoms with E-state index in [2.05, 4.69) is 52.1 Å². The van der Waals surface area contributed by atoms with Crippen molar-refractivity contribution < 1.29 is 0 Å². The molecule has 1 aliphatic heterocycles. The molecule has 1 saturated heterocycles. The summed E-state index contributed by atoms with van der Waals surface area (Å²) in [5.74, 6) is 0. The van der Waals surface area contributed by atoms with E-state index in [-0.39, 0.29) is 5.41 Å². The Bertz CT molecular complexity index is 358. The summed E-state index contributed by atoms with van der Waals surface area (Å²) in [6, 6.07) is 5.32. The third-order valence-corrected chi connectivity index (χ3v) is 3.22. The number of rotatable bonds is 1. The molecular weight excluding hydrogens is 182 g/mol. The number of hydrogen-bond donors (Lipinski definition) is 1. The Morgan fingerprint density at radius 2 is 1.60 bits per heavy atom. The van der Waals surface area contributed by atoms with Crippen LogP contribution in [0.15, 0.2) is 12.1 Å². The van der Waals surface area contributed by atoms with Gasteiger partial charge in [0.1, 0.15) is 0 Å². The highest BCUT2D eigenvalue weighted by Crippen LogP contribution is 2.32. The summed E-state index contributed by atoms with van der Waals surface area (Å²) in [7, 11) is 0. The molecule has 1 heteroatoms. The Balaban J connectivity index is 2.47. The molecule has 1 aromatic rings. The lowest BCUT2D eigenvalue weighted by molar-refractivity contribution is 0.588. The molecule has 0 spiro atoms. The number of nitrogens with one attached hydrogen (secondary N) is 1. The maximum absolute atomic E-state index is 3.39. The Labute approximate surface area is 92.9 Å². The quantitative estimate of drug-likeness (QED) is 0.695. The topological polar surface area (TPSA) is 21.9 Å². The van der Waals surface area contributed by atoms with Crippen LogP contribution in [0.4, 0.5) is 0 Å². The van der Waals surface area contributed by atoms with E-state index >= 15 is 0 Å². The van der Waals surface area contributed by atoms with Gasteiger partial charge in [0, 0.05) is 12.6 Å². The number of hydrogen-bond acceptors (Lipinski definition) is 1. The summed E-state index contributed by atoms with van der Waals surface area (Å²) in [6.07, 6.45) is 0. The standard InChI is InChI=1S/C14H21N/c1-9-6-11(14(3,4)5)7-10(2)13(9)12-8-15-12/h6-7,12,15H,8H2,1-5H3. The van der Waals surface area contributed by atoms with E-state index in [0.717, 1.165) is 6.54 Å². The molecule has 2 rings (SSSR count). The molecule has 15 heavy (non-hydrogen) atoms. The normalized spacial score (nSPS) is 20.5. The van der Waals surface area contributed by atoms with E-state index in [0.29, 0.717) is 6.04 Å². The first-order chi connectivity index (χ1) is 6.89. The molecule has 1 fully saturated rings. The van der Waals surface area contributed by atoms with Crippen LogP contribution >= 0.6 is 0 Å². The zero-order valence-electron chi connectivity index (χ0n) is 10.4. The fraction of sp³-hybridized carbons (Fsp3) is 0.571. The van der Waals surface area contributed by atoms with Crippen molar-refractivity contribution in [1.29, 1.82) is 0 Å². The third kappa shape index (κ3) is 2.07. The lowest BCUT2D eigenvalue weighted by atomic mass is 9.83. The van der Waals surface area contributed by atoms with Gasteiger partial charge < -0.3 is 5.32 Å². The maximum atomic E-state index is 3.39. The fourth-order valence-corrected chi connectivity index (χ4v) is 2.22. The molecule has 1 aromatic carbocycles.